The molecule has 0 aromatic heterocycles. The zero-order chi connectivity index (χ0) is 18.9. The van der Waals surface area contributed by atoms with Crippen LogP contribution in [0.5, 0.6) is 17.2 Å². The van der Waals surface area contributed by atoms with Crippen molar-refractivity contribution in [3.63, 3.8) is 0 Å². The highest BCUT2D eigenvalue weighted by Gasteiger charge is 2.12. The lowest BCUT2D eigenvalue weighted by Crippen LogP contribution is -2.01. The Kier molecular flexibility index (Phi) is 7.09. The van der Waals surface area contributed by atoms with E-state index in [0.29, 0.717) is 29.4 Å². The number of carbonyl (C=O) groups is 1. The molecule has 2 aromatic rings. The maximum absolute atomic E-state index is 11.7. The van der Waals surface area contributed by atoms with Gasteiger partial charge in [0.25, 0.3) is 0 Å². The Hall–Kier alpha value is -2.95. The smallest absolute Gasteiger partial charge is 0.336 e. The number of rotatable bonds is 9. The molecule has 0 bridgehead atoms. The van der Waals surface area contributed by atoms with Crippen LogP contribution in [0.2, 0.25) is 0 Å². The average molecular weight is 356 g/mol. The lowest BCUT2D eigenvalue weighted by molar-refractivity contribution is -0.130. The maximum Gasteiger partial charge on any atom is 0.336 e. The van der Waals surface area contributed by atoms with E-state index in [1.165, 1.54) is 0 Å². The van der Waals surface area contributed by atoms with Crippen molar-refractivity contribution in [2.24, 2.45) is 0 Å². The summed E-state index contributed by atoms with van der Waals surface area (Å²) in [4.78, 5) is 11.7. The molecule has 5 heteroatoms. The van der Waals surface area contributed by atoms with Crippen LogP contribution in [0.4, 0.5) is 0 Å². The molecule has 0 amide bonds. The average Bonchev–Trinajstić information content (AvgIpc) is 2.66. The third-order valence-electron chi connectivity index (χ3n) is 3.89. The van der Waals surface area contributed by atoms with E-state index in [9.17, 15) is 9.90 Å². The molecule has 0 fully saturated rings. The fourth-order valence-corrected chi connectivity index (χ4v) is 2.43. The van der Waals surface area contributed by atoms with Gasteiger partial charge in [-0.3, -0.25) is 0 Å². The second kappa shape index (κ2) is 9.51. The predicted octanol–water partition coefficient (Wildman–Crippen LogP) is 4.51. The van der Waals surface area contributed by atoms with Crippen molar-refractivity contribution in [1.82, 2.24) is 0 Å². The summed E-state index contributed by atoms with van der Waals surface area (Å²) in [5.74, 6) is 0.905. The van der Waals surface area contributed by atoms with Crippen LogP contribution in [-0.2, 0) is 4.79 Å². The van der Waals surface area contributed by atoms with Crippen LogP contribution in [0.25, 0.3) is 11.6 Å². The first-order valence-electron chi connectivity index (χ1n) is 8.49. The van der Waals surface area contributed by atoms with Gasteiger partial charge in [0.1, 0.15) is 5.75 Å². The summed E-state index contributed by atoms with van der Waals surface area (Å²) in [7, 11) is 3.15. The molecule has 0 atom stereocenters. The van der Waals surface area contributed by atoms with Crippen LogP contribution < -0.4 is 14.2 Å². The summed E-state index contributed by atoms with van der Waals surface area (Å²) >= 11 is 0. The molecule has 0 saturated heterocycles. The van der Waals surface area contributed by atoms with Crippen molar-refractivity contribution in [2.75, 3.05) is 20.8 Å². The number of unbranched alkanes of at least 4 members (excludes halogenated alkanes) is 1. The number of aliphatic carboxylic acids is 1. The molecule has 2 rings (SSSR count). The van der Waals surface area contributed by atoms with E-state index in [1.54, 1.807) is 62.8 Å². The van der Waals surface area contributed by atoms with Gasteiger partial charge in [0.15, 0.2) is 11.5 Å². The molecule has 0 spiro atoms. The van der Waals surface area contributed by atoms with Gasteiger partial charge in [-0.25, -0.2) is 4.79 Å². The van der Waals surface area contributed by atoms with Gasteiger partial charge in [0, 0.05) is 0 Å². The number of hydrogen-bond acceptors (Lipinski definition) is 4. The Morgan fingerprint density at radius 1 is 1.04 bits per heavy atom. The van der Waals surface area contributed by atoms with E-state index in [2.05, 4.69) is 6.92 Å². The van der Waals surface area contributed by atoms with Gasteiger partial charge in [-0.1, -0.05) is 31.5 Å². The van der Waals surface area contributed by atoms with Gasteiger partial charge in [-0.05, 0) is 47.9 Å². The van der Waals surface area contributed by atoms with E-state index < -0.39 is 5.97 Å². The number of benzene rings is 2. The summed E-state index contributed by atoms with van der Waals surface area (Å²) in [5, 5.41) is 9.60. The van der Waals surface area contributed by atoms with Gasteiger partial charge in [-0.15, -0.1) is 0 Å². The van der Waals surface area contributed by atoms with Gasteiger partial charge < -0.3 is 19.3 Å². The van der Waals surface area contributed by atoms with Crippen molar-refractivity contribution < 1.29 is 24.1 Å². The second-order valence-corrected chi connectivity index (χ2v) is 5.70. The van der Waals surface area contributed by atoms with E-state index >= 15 is 0 Å². The van der Waals surface area contributed by atoms with Gasteiger partial charge in [0.2, 0.25) is 0 Å². The first-order chi connectivity index (χ1) is 12.6. The van der Waals surface area contributed by atoms with Crippen molar-refractivity contribution >= 4 is 17.6 Å². The zero-order valence-corrected chi connectivity index (χ0v) is 15.3. The SMILES string of the molecule is CCCCOc1cc(/C=C(\C(=O)O)c2ccc(OC)cc2)ccc1OC. The lowest BCUT2D eigenvalue weighted by Gasteiger charge is -2.11. The molecule has 1 N–H and O–H groups in total. The van der Waals surface area contributed by atoms with Crippen LogP contribution in [0.15, 0.2) is 42.5 Å². The highest BCUT2D eigenvalue weighted by atomic mass is 16.5. The minimum absolute atomic E-state index is 0.192. The van der Waals surface area contributed by atoms with E-state index in [0.717, 1.165) is 18.4 Å². The molecular formula is C21H24O5. The number of carboxylic acids is 1. The van der Waals surface area contributed by atoms with Crippen molar-refractivity contribution in [3.8, 4) is 17.2 Å². The lowest BCUT2D eigenvalue weighted by atomic mass is 10.0. The monoisotopic (exact) mass is 356 g/mol. The Bertz CT molecular complexity index is 762. The fraction of sp³-hybridized carbons (Fsp3) is 0.286. The first-order valence-corrected chi connectivity index (χ1v) is 8.49. The third-order valence-corrected chi connectivity index (χ3v) is 3.89. The standard InChI is InChI=1S/C21H24O5/c1-4-5-12-26-20-14-15(6-11-19(20)25-3)13-18(21(22)23)16-7-9-17(24-2)10-8-16/h6-11,13-14H,4-5,12H2,1-3H3,(H,22,23)/b18-13-. The number of hydrogen-bond donors (Lipinski definition) is 1. The summed E-state index contributed by atoms with van der Waals surface area (Å²) in [6.07, 6.45) is 3.59. The molecule has 0 aliphatic rings. The topological polar surface area (TPSA) is 65.0 Å². The zero-order valence-electron chi connectivity index (χ0n) is 15.3. The van der Waals surface area contributed by atoms with E-state index in [-0.39, 0.29) is 5.57 Å². The number of methoxy groups -OCH3 is 2. The summed E-state index contributed by atoms with van der Waals surface area (Å²) in [6, 6.07) is 12.3. The normalized spacial score (nSPS) is 11.1. The highest BCUT2D eigenvalue weighted by molar-refractivity contribution is 6.20. The van der Waals surface area contributed by atoms with Crippen LogP contribution in [0.1, 0.15) is 30.9 Å². The summed E-state index contributed by atoms with van der Waals surface area (Å²) in [5.41, 5.74) is 1.52. The van der Waals surface area contributed by atoms with Crippen molar-refractivity contribution in [3.05, 3.63) is 53.6 Å². The van der Waals surface area contributed by atoms with Gasteiger partial charge in [-0.2, -0.15) is 0 Å². The Morgan fingerprint density at radius 3 is 2.35 bits per heavy atom. The molecular weight excluding hydrogens is 332 g/mol. The van der Waals surface area contributed by atoms with Crippen molar-refractivity contribution in [1.29, 1.82) is 0 Å². The Morgan fingerprint density at radius 2 is 1.77 bits per heavy atom. The summed E-state index contributed by atoms with van der Waals surface area (Å²) < 4.78 is 16.2. The molecule has 2 aromatic carbocycles. The quantitative estimate of drug-likeness (QED) is 0.407. The second-order valence-electron chi connectivity index (χ2n) is 5.70. The van der Waals surface area contributed by atoms with E-state index in [4.69, 9.17) is 14.2 Å². The molecule has 0 aliphatic carbocycles. The Balaban J connectivity index is 2.36. The van der Waals surface area contributed by atoms with Crippen LogP contribution in [0, 0.1) is 0 Å². The largest absolute Gasteiger partial charge is 0.497 e. The molecule has 0 saturated carbocycles. The molecule has 5 nitrogen and oxygen atoms in total. The minimum Gasteiger partial charge on any atom is -0.497 e. The minimum atomic E-state index is -1.00. The van der Waals surface area contributed by atoms with Crippen LogP contribution >= 0.6 is 0 Å². The molecule has 26 heavy (non-hydrogen) atoms. The first kappa shape index (κ1) is 19.4. The molecule has 0 aliphatic heterocycles. The Labute approximate surface area is 153 Å². The number of carboxylic acid groups (broad SMARTS) is 1. The molecule has 0 heterocycles. The highest BCUT2D eigenvalue weighted by Crippen LogP contribution is 2.30. The van der Waals surface area contributed by atoms with Crippen LogP contribution in [-0.4, -0.2) is 31.9 Å². The fourth-order valence-electron chi connectivity index (χ4n) is 2.43. The third kappa shape index (κ3) is 5.02. The van der Waals surface area contributed by atoms with Crippen LogP contribution in [0.3, 0.4) is 0 Å². The number of ether oxygens (including phenoxy) is 3. The molecule has 0 radical (unpaired) electrons. The van der Waals surface area contributed by atoms with Gasteiger partial charge in [0.05, 0.1) is 26.4 Å². The maximum atomic E-state index is 11.7. The van der Waals surface area contributed by atoms with E-state index in [1.807, 2.05) is 0 Å². The predicted molar refractivity (Wildman–Crippen MR) is 102 cm³/mol. The molecule has 0 unspecified atom stereocenters. The molecule has 138 valence electrons. The summed E-state index contributed by atoms with van der Waals surface area (Å²) in [6.45, 7) is 2.68. The van der Waals surface area contributed by atoms with Crippen molar-refractivity contribution in [2.45, 2.75) is 19.8 Å². The van der Waals surface area contributed by atoms with Gasteiger partial charge >= 0.3 is 5.97 Å².